The van der Waals surface area contributed by atoms with Crippen LogP contribution in [-0.2, 0) is 0 Å². The number of hydrogen-bond donors (Lipinski definition) is 0. The van der Waals surface area contributed by atoms with Gasteiger partial charge >= 0.3 is 0 Å². The molecule has 0 bridgehead atoms. The molecular formula is C6H11NS. The van der Waals surface area contributed by atoms with Gasteiger partial charge in [0, 0.05) is 5.37 Å². The molecule has 0 aromatic rings. The van der Waals surface area contributed by atoms with Crippen molar-refractivity contribution in [3.63, 3.8) is 0 Å². The average Bonchev–Trinajstić information content (AvgIpc) is 1.83. The van der Waals surface area contributed by atoms with E-state index >= 15 is 0 Å². The highest BCUT2D eigenvalue weighted by molar-refractivity contribution is 8.15. The standard InChI is InChI=1S/C6H11NS/c1-3-8(4-2)6-5-7/h6H,3-4H2,1-2H3. The van der Waals surface area contributed by atoms with Gasteiger partial charge in [-0.25, -0.2) is 0 Å². The number of hydrogen-bond acceptors (Lipinski definition) is 1. The second-order valence-corrected chi connectivity index (χ2v) is 3.83. The first-order valence-electron chi connectivity index (χ1n) is 2.74. The van der Waals surface area contributed by atoms with Crippen LogP contribution in [-0.4, -0.2) is 16.9 Å². The maximum atomic E-state index is 8.20. The van der Waals surface area contributed by atoms with Gasteiger partial charge in [0.15, 0.2) is 0 Å². The summed E-state index contributed by atoms with van der Waals surface area (Å²) in [6.07, 6.45) is 0. The minimum absolute atomic E-state index is 0.275. The summed E-state index contributed by atoms with van der Waals surface area (Å²) in [7, 11) is 0.275. The van der Waals surface area contributed by atoms with E-state index in [1.54, 1.807) is 5.37 Å². The van der Waals surface area contributed by atoms with Crippen LogP contribution in [0.3, 0.4) is 0 Å². The Hall–Kier alpha value is -0.290. The van der Waals surface area contributed by atoms with Gasteiger partial charge in [-0.1, -0.05) is 13.8 Å². The molecule has 46 valence electrons. The Kier molecular flexibility index (Phi) is 4.68. The molecule has 0 radical (unpaired) electrons. The van der Waals surface area contributed by atoms with Crippen LogP contribution in [0, 0.1) is 11.3 Å². The zero-order valence-corrected chi connectivity index (χ0v) is 6.16. The molecule has 0 rings (SSSR count). The van der Waals surface area contributed by atoms with Crippen LogP contribution < -0.4 is 0 Å². The summed E-state index contributed by atoms with van der Waals surface area (Å²) >= 11 is 0. The first-order chi connectivity index (χ1) is 3.85. The lowest BCUT2D eigenvalue weighted by molar-refractivity contribution is 1.46. The molecule has 0 unspecified atom stereocenters. The van der Waals surface area contributed by atoms with E-state index in [1.165, 1.54) is 0 Å². The number of nitrogens with zero attached hydrogens (tertiary/aromatic N) is 1. The van der Waals surface area contributed by atoms with Gasteiger partial charge in [0.25, 0.3) is 0 Å². The maximum absolute atomic E-state index is 8.20. The van der Waals surface area contributed by atoms with E-state index in [-0.39, 0.29) is 10.5 Å². The van der Waals surface area contributed by atoms with Crippen molar-refractivity contribution in [1.29, 1.82) is 5.26 Å². The highest BCUT2D eigenvalue weighted by Crippen LogP contribution is 2.07. The Balaban J connectivity index is 3.72. The summed E-state index contributed by atoms with van der Waals surface area (Å²) in [5, 5.41) is 9.94. The molecule has 0 aliphatic heterocycles. The van der Waals surface area contributed by atoms with Gasteiger partial charge in [-0.15, -0.1) is 0 Å². The van der Waals surface area contributed by atoms with E-state index < -0.39 is 0 Å². The fourth-order valence-electron chi connectivity index (χ4n) is 0.445. The molecule has 0 aromatic heterocycles. The average molecular weight is 129 g/mol. The van der Waals surface area contributed by atoms with Crippen molar-refractivity contribution in [2.75, 3.05) is 11.5 Å². The van der Waals surface area contributed by atoms with Crippen molar-refractivity contribution >= 4 is 15.9 Å². The first-order valence-corrected chi connectivity index (χ1v) is 4.37. The highest BCUT2D eigenvalue weighted by Gasteiger charge is 1.82. The first kappa shape index (κ1) is 7.71. The molecule has 0 aliphatic carbocycles. The third kappa shape index (κ3) is 2.81. The number of nitriles is 1. The van der Waals surface area contributed by atoms with Gasteiger partial charge in [-0.2, -0.15) is 15.7 Å². The third-order valence-corrected chi connectivity index (χ3v) is 2.88. The van der Waals surface area contributed by atoms with Gasteiger partial charge in [0.1, 0.15) is 0 Å². The zero-order chi connectivity index (χ0) is 6.41. The van der Waals surface area contributed by atoms with Crippen LogP contribution in [0.1, 0.15) is 13.8 Å². The highest BCUT2D eigenvalue weighted by atomic mass is 32.2. The Morgan fingerprint density at radius 3 is 2.12 bits per heavy atom. The summed E-state index contributed by atoms with van der Waals surface area (Å²) in [4.78, 5) is 0. The molecule has 8 heavy (non-hydrogen) atoms. The molecule has 0 saturated carbocycles. The molecule has 0 fully saturated rings. The topological polar surface area (TPSA) is 23.8 Å². The van der Waals surface area contributed by atoms with Crippen molar-refractivity contribution < 1.29 is 0 Å². The van der Waals surface area contributed by atoms with E-state index in [9.17, 15) is 0 Å². The third-order valence-electron chi connectivity index (χ3n) is 0.961. The van der Waals surface area contributed by atoms with Crippen LogP contribution >= 0.6 is 10.5 Å². The molecule has 0 N–H and O–H groups in total. The maximum Gasteiger partial charge on any atom is 0.0973 e. The van der Waals surface area contributed by atoms with Crippen LogP contribution in [0.25, 0.3) is 0 Å². The fraction of sp³-hybridized carbons (Fsp3) is 0.667. The van der Waals surface area contributed by atoms with E-state index in [1.807, 2.05) is 0 Å². The molecule has 0 amide bonds. The lowest BCUT2D eigenvalue weighted by Gasteiger charge is -1.95. The lowest BCUT2D eigenvalue weighted by atomic mass is 10.9. The van der Waals surface area contributed by atoms with E-state index in [0.717, 1.165) is 11.5 Å². The van der Waals surface area contributed by atoms with Crippen molar-refractivity contribution in [2.45, 2.75) is 13.8 Å². The monoisotopic (exact) mass is 129 g/mol. The van der Waals surface area contributed by atoms with E-state index in [2.05, 4.69) is 19.9 Å². The smallest absolute Gasteiger partial charge is 0.0973 e. The van der Waals surface area contributed by atoms with Gasteiger partial charge < -0.3 is 0 Å². The summed E-state index contributed by atoms with van der Waals surface area (Å²) in [6.45, 7) is 4.22. The Bertz CT molecular complexity index is 115. The summed E-state index contributed by atoms with van der Waals surface area (Å²) in [5.41, 5.74) is 0. The van der Waals surface area contributed by atoms with Crippen LogP contribution in [0.4, 0.5) is 0 Å². The SMILES string of the molecule is CCS(=CC#N)CC. The molecule has 0 aromatic carbocycles. The summed E-state index contributed by atoms with van der Waals surface area (Å²) < 4.78 is 0. The Morgan fingerprint density at radius 1 is 1.50 bits per heavy atom. The molecule has 0 saturated heterocycles. The van der Waals surface area contributed by atoms with Crippen LogP contribution in [0.15, 0.2) is 0 Å². The summed E-state index contributed by atoms with van der Waals surface area (Å²) in [5.74, 6) is 2.23. The molecule has 0 heterocycles. The van der Waals surface area contributed by atoms with Crippen molar-refractivity contribution in [3.8, 4) is 6.07 Å². The molecule has 0 spiro atoms. The predicted octanol–water partition coefficient (Wildman–Crippen LogP) is 1.62. The van der Waals surface area contributed by atoms with Gasteiger partial charge in [0.2, 0.25) is 0 Å². The van der Waals surface area contributed by atoms with Gasteiger partial charge in [0.05, 0.1) is 6.07 Å². The lowest BCUT2D eigenvalue weighted by Crippen LogP contribution is -1.79. The van der Waals surface area contributed by atoms with Gasteiger partial charge in [-0.3, -0.25) is 0 Å². The number of rotatable bonds is 2. The quantitative estimate of drug-likeness (QED) is 0.520. The molecule has 0 aliphatic rings. The summed E-state index contributed by atoms with van der Waals surface area (Å²) in [6, 6.07) is 2.06. The largest absolute Gasteiger partial charge is 0.193 e. The van der Waals surface area contributed by atoms with Crippen LogP contribution in [0.2, 0.25) is 0 Å². The molecule has 2 heteroatoms. The minimum Gasteiger partial charge on any atom is -0.193 e. The normalized spacial score (nSPS) is 8.75. The molecule has 0 atom stereocenters. The Morgan fingerprint density at radius 2 is 2.00 bits per heavy atom. The second-order valence-electron chi connectivity index (χ2n) is 1.36. The Labute approximate surface area is 53.3 Å². The minimum atomic E-state index is 0.275. The van der Waals surface area contributed by atoms with Gasteiger partial charge in [-0.05, 0) is 11.5 Å². The molecular weight excluding hydrogens is 118 g/mol. The van der Waals surface area contributed by atoms with Crippen LogP contribution in [0.5, 0.6) is 0 Å². The van der Waals surface area contributed by atoms with E-state index in [4.69, 9.17) is 5.26 Å². The van der Waals surface area contributed by atoms with Crippen molar-refractivity contribution in [3.05, 3.63) is 0 Å². The predicted molar refractivity (Wildman–Crippen MR) is 40.4 cm³/mol. The fourth-order valence-corrected chi connectivity index (χ4v) is 1.34. The van der Waals surface area contributed by atoms with Crippen molar-refractivity contribution in [1.82, 2.24) is 0 Å². The molecule has 1 nitrogen and oxygen atoms in total. The zero-order valence-electron chi connectivity index (χ0n) is 5.35. The van der Waals surface area contributed by atoms with E-state index in [0.29, 0.717) is 0 Å². The second kappa shape index (κ2) is 4.86. The van der Waals surface area contributed by atoms with Crippen molar-refractivity contribution in [2.24, 2.45) is 0 Å².